The number of carbonyl (C=O) groups is 1. The number of hydrogen-bond donors (Lipinski definition) is 2. The van der Waals surface area contributed by atoms with Crippen LogP contribution in [0, 0.1) is 6.92 Å². The number of aryl methyl sites for hydroxylation is 1. The van der Waals surface area contributed by atoms with Gasteiger partial charge in [-0.1, -0.05) is 22.9 Å². The SMILES string of the molecule is CCNc1ccc(Cl)c(C(=O)Nc2nnc(C)s2)n1. The van der Waals surface area contributed by atoms with Crippen LogP contribution in [-0.2, 0) is 0 Å². The Morgan fingerprint density at radius 1 is 1.42 bits per heavy atom. The molecule has 2 heterocycles. The van der Waals surface area contributed by atoms with Gasteiger partial charge in [0.25, 0.3) is 5.91 Å². The number of anilines is 2. The Kier molecular flexibility index (Phi) is 4.28. The molecule has 8 heteroatoms. The van der Waals surface area contributed by atoms with E-state index in [-0.39, 0.29) is 5.69 Å². The van der Waals surface area contributed by atoms with Crippen molar-refractivity contribution in [2.45, 2.75) is 13.8 Å². The molecule has 0 saturated carbocycles. The zero-order valence-electron chi connectivity index (χ0n) is 10.4. The van der Waals surface area contributed by atoms with Gasteiger partial charge in [-0.05, 0) is 26.0 Å². The number of rotatable bonds is 4. The standard InChI is InChI=1S/C11H12ClN5OS/c1-3-13-8-5-4-7(12)9(14-8)10(18)15-11-17-16-6(2)19-11/h4-5H,3H2,1-2H3,(H,13,14)(H,15,17,18). The highest BCUT2D eigenvalue weighted by atomic mass is 35.5. The van der Waals surface area contributed by atoms with Crippen LogP contribution in [-0.4, -0.2) is 27.6 Å². The quantitative estimate of drug-likeness (QED) is 0.906. The molecule has 0 radical (unpaired) electrons. The maximum Gasteiger partial charge on any atom is 0.277 e. The summed E-state index contributed by atoms with van der Waals surface area (Å²) < 4.78 is 0. The molecule has 2 aromatic heterocycles. The highest BCUT2D eigenvalue weighted by Gasteiger charge is 2.15. The summed E-state index contributed by atoms with van der Waals surface area (Å²) in [4.78, 5) is 16.2. The number of amides is 1. The number of hydrogen-bond acceptors (Lipinski definition) is 6. The van der Waals surface area contributed by atoms with E-state index in [1.54, 1.807) is 12.1 Å². The van der Waals surface area contributed by atoms with Crippen LogP contribution >= 0.6 is 22.9 Å². The van der Waals surface area contributed by atoms with Crippen molar-refractivity contribution in [2.75, 3.05) is 17.2 Å². The summed E-state index contributed by atoms with van der Waals surface area (Å²) in [6, 6.07) is 3.35. The molecule has 19 heavy (non-hydrogen) atoms. The molecule has 0 saturated heterocycles. The van der Waals surface area contributed by atoms with E-state index in [0.717, 1.165) is 5.01 Å². The highest BCUT2D eigenvalue weighted by molar-refractivity contribution is 7.15. The molecule has 0 bridgehead atoms. The van der Waals surface area contributed by atoms with Crippen molar-refractivity contribution in [1.82, 2.24) is 15.2 Å². The Morgan fingerprint density at radius 2 is 2.21 bits per heavy atom. The molecular weight excluding hydrogens is 286 g/mol. The Morgan fingerprint density at radius 3 is 2.84 bits per heavy atom. The van der Waals surface area contributed by atoms with Gasteiger partial charge < -0.3 is 5.32 Å². The third-order valence-corrected chi connectivity index (χ3v) is 3.22. The van der Waals surface area contributed by atoms with E-state index < -0.39 is 5.91 Å². The molecule has 6 nitrogen and oxygen atoms in total. The second-order valence-electron chi connectivity index (χ2n) is 3.64. The Bertz CT molecular complexity index is 601. The molecule has 0 aromatic carbocycles. The molecule has 1 amide bonds. The van der Waals surface area contributed by atoms with Crippen LogP contribution in [0.1, 0.15) is 22.4 Å². The molecule has 0 aliphatic rings. The lowest BCUT2D eigenvalue weighted by Crippen LogP contribution is -2.15. The fraction of sp³-hybridized carbons (Fsp3) is 0.273. The number of nitrogens with zero attached hydrogens (tertiary/aromatic N) is 3. The highest BCUT2D eigenvalue weighted by Crippen LogP contribution is 2.19. The smallest absolute Gasteiger partial charge is 0.277 e. The summed E-state index contributed by atoms with van der Waals surface area (Å²) in [5.41, 5.74) is 0.160. The van der Waals surface area contributed by atoms with Crippen LogP contribution in [0.5, 0.6) is 0 Å². The van der Waals surface area contributed by atoms with E-state index in [1.807, 2.05) is 13.8 Å². The van der Waals surface area contributed by atoms with E-state index in [0.29, 0.717) is 22.5 Å². The molecule has 0 aliphatic carbocycles. The van der Waals surface area contributed by atoms with Gasteiger partial charge in [-0.3, -0.25) is 10.1 Å². The van der Waals surface area contributed by atoms with Gasteiger partial charge in [0, 0.05) is 6.54 Å². The molecule has 2 aromatic rings. The number of aromatic nitrogens is 3. The van der Waals surface area contributed by atoms with Gasteiger partial charge in [-0.2, -0.15) is 0 Å². The number of pyridine rings is 1. The van der Waals surface area contributed by atoms with Crippen LogP contribution in [0.4, 0.5) is 10.9 Å². The molecule has 2 N–H and O–H groups in total. The average molecular weight is 298 g/mol. The van der Waals surface area contributed by atoms with Crippen molar-refractivity contribution in [2.24, 2.45) is 0 Å². The molecule has 0 aliphatic heterocycles. The Labute approximate surface area is 119 Å². The van der Waals surface area contributed by atoms with E-state index in [2.05, 4.69) is 25.8 Å². The molecular formula is C11H12ClN5OS. The van der Waals surface area contributed by atoms with Gasteiger partial charge >= 0.3 is 0 Å². The Hall–Kier alpha value is -1.73. The first-order valence-corrected chi connectivity index (χ1v) is 6.81. The normalized spacial score (nSPS) is 10.3. The van der Waals surface area contributed by atoms with Crippen LogP contribution < -0.4 is 10.6 Å². The zero-order valence-corrected chi connectivity index (χ0v) is 12.0. The second kappa shape index (κ2) is 5.94. The van der Waals surface area contributed by atoms with Gasteiger partial charge in [0.15, 0.2) is 0 Å². The van der Waals surface area contributed by atoms with E-state index in [9.17, 15) is 4.79 Å². The fourth-order valence-electron chi connectivity index (χ4n) is 1.38. The molecule has 0 fully saturated rings. The molecule has 0 spiro atoms. The predicted octanol–water partition coefficient (Wildman–Crippen LogP) is 2.58. The first-order valence-electron chi connectivity index (χ1n) is 5.62. The third kappa shape index (κ3) is 3.39. The monoisotopic (exact) mass is 297 g/mol. The maximum atomic E-state index is 12.1. The minimum Gasteiger partial charge on any atom is -0.370 e. The maximum absolute atomic E-state index is 12.1. The number of carbonyl (C=O) groups excluding carboxylic acids is 1. The van der Waals surface area contributed by atoms with Crippen LogP contribution in [0.25, 0.3) is 0 Å². The van der Waals surface area contributed by atoms with E-state index in [1.165, 1.54) is 11.3 Å². The molecule has 0 atom stereocenters. The summed E-state index contributed by atoms with van der Waals surface area (Å²) in [6.07, 6.45) is 0. The Balaban J connectivity index is 2.20. The van der Waals surface area contributed by atoms with Gasteiger partial charge in [-0.15, -0.1) is 10.2 Å². The fourth-order valence-corrected chi connectivity index (χ4v) is 2.16. The first kappa shape index (κ1) is 13.7. The number of halogens is 1. The van der Waals surface area contributed by atoms with E-state index >= 15 is 0 Å². The zero-order chi connectivity index (χ0) is 13.8. The summed E-state index contributed by atoms with van der Waals surface area (Å²) in [5.74, 6) is 0.200. The van der Waals surface area contributed by atoms with Crippen molar-refractivity contribution < 1.29 is 4.79 Å². The second-order valence-corrected chi connectivity index (χ2v) is 5.23. The topological polar surface area (TPSA) is 79.8 Å². The van der Waals surface area contributed by atoms with Crippen LogP contribution in [0.15, 0.2) is 12.1 Å². The molecule has 0 unspecified atom stereocenters. The average Bonchev–Trinajstić information content (AvgIpc) is 2.77. The summed E-state index contributed by atoms with van der Waals surface area (Å²) in [6.45, 7) is 4.47. The number of nitrogens with one attached hydrogen (secondary N) is 2. The molecule has 100 valence electrons. The predicted molar refractivity (Wildman–Crippen MR) is 76.0 cm³/mol. The van der Waals surface area contributed by atoms with Crippen molar-refractivity contribution in [3.63, 3.8) is 0 Å². The minimum absolute atomic E-state index is 0.160. The lowest BCUT2D eigenvalue weighted by atomic mass is 10.3. The third-order valence-electron chi connectivity index (χ3n) is 2.17. The van der Waals surface area contributed by atoms with Crippen molar-refractivity contribution in [3.05, 3.63) is 27.9 Å². The van der Waals surface area contributed by atoms with Crippen molar-refractivity contribution in [1.29, 1.82) is 0 Å². The largest absolute Gasteiger partial charge is 0.370 e. The minimum atomic E-state index is -0.402. The van der Waals surface area contributed by atoms with E-state index in [4.69, 9.17) is 11.6 Å². The van der Waals surface area contributed by atoms with Crippen LogP contribution in [0.2, 0.25) is 5.02 Å². The lowest BCUT2D eigenvalue weighted by Gasteiger charge is -2.06. The summed E-state index contributed by atoms with van der Waals surface area (Å²) in [7, 11) is 0. The van der Waals surface area contributed by atoms with Crippen LogP contribution in [0.3, 0.4) is 0 Å². The summed E-state index contributed by atoms with van der Waals surface area (Å²) >= 11 is 7.27. The summed E-state index contributed by atoms with van der Waals surface area (Å²) in [5, 5.41) is 14.8. The van der Waals surface area contributed by atoms with Crippen molar-refractivity contribution in [3.8, 4) is 0 Å². The van der Waals surface area contributed by atoms with Gasteiger partial charge in [0.2, 0.25) is 5.13 Å². The lowest BCUT2D eigenvalue weighted by molar-refractivity contribution is 0.102. The molecule has 2 rings (SSSR count). The first-order chi connectivity index (χ1) is 9.10. The van der Waals surface area contributed by atoms with Gasteiger partial charge in [-0.25, -0.2) is 4.98 Å². The van der Waals surface area contributed by atoms with Crippen molar-refractivity contribution >= 4 is 39.8 Å². The van der Waals surface area contributed by atoms with Gasteiger partial charge in [0.05, 0.1) is 5.02 Å². The van der Waals surface area contributed by atoms with Gasteiger partial charge in [0.1, 0.15) is 16.5 Å².